The number of aromatic carboxylic acids is 1. The maximum atomic E-state index is 11.4. The van der Waals surface area contributed by atoms with Crippen molar-refractivity contribution in [2.45, 2.75) is 19.4 Å². The lowest BCUT2D eigenvalue weighted by Crippen LogP contribution is -2.28. The highest BCUT2D eigenvalue weighted by molar-refractivity contribution is 5.92. The molecule has 2 N–H and O–H groups in total. The second-order valence-corrected chi connectivity index (χ2v) is 6.32. The van der Waals surface area contributed by atoms with Gasteiger partial charge in [0.05, 0.1) is 17.5 Å². The van der Waals surface area contributed by atoms with Crippen molar-refractivity contribution in [3.8, 4) is 28.1 Å². The summed E-state index contributed by atoms with van der Waals surface area (Å²) in [5, 5.41) is 9.35. The minimum Gasteiger partial charge on any atom is -0.481 e. The van der Waals surface area contributed by atoms with Gasteiger partial charge in [0, 0.05) is 17.3 Å². The van der Waals surface area contributed by atoms with Crippen molar-refractivity contribution in [2.24, 2.45) is 0 Å². The maximum absolute atomic E-state index is 11.4. The lowest BCUT2D eigenvalue weighted by atomic mass is 9.88. The third kappa shape index (κ3) is 2.09. The van der Waals surface area contributed by atoms with Gasteiger partial charge in [0.15, 0.2) is 0 Å². The number of hydrogen-bond donors (Lipinski definition) is 2. The van der Waals surface area contributed by atoms with E-state index in [0.717, 1.165) is 27.9 Å². The molecule has 0 saturated heterocycles. The van der Waals surface area contributed by atoms with Gasteiger partial charge in [-0.1, -0.05) is 30.3 Å². The molecule has 3 aromatic rings. The molecule has 120 valence electrons. The second-order valence-electron chi connectivity index (χ2n) is 6.32. The Morgan fingerprint density at radius 1 is 1.21 bits per heavy atom. The number of fused-ring (bicyclic) bond motifs is 3. The molecule has 3 heterocycles. The van der Waals surface area contributed by atoms with Crippen LogP contribution < -0.4 is 4.74 Å². The number of hydrogen-bond acceptors (Lipinski definition) is 3. The van der Waals surface area contributed by atoms with Crippen molar-refractivity contribution < 1.29 is 14.6 Å². The first kappa shape index (κ1) is 14.5. The van der Waals surface area contributed by atoms with Gasteiger partial charge in [0.2, 0.25) is 0 Å². The Balaban J connectivity index is 2.02. The molecule has 0 radical (unpaired) electrons. The number of nitrogens with zero attached hydrogens (tertiary/aromatic N) is 1. The van der Waals surface area contributed by atoms with E-state index in [1.807, 2.05) is 44.2 Å². The number of H-pyrrole nitrogens is 1. The monoisotopic (exact) mass is 320 g/mol. The van der Waals surface area contributed by atoms with Crippen molar-refractivity contribution >= 4 is 5.97 Å². The first-order valence-corrected chi connectivity index (χ1v) is 7.67. The van der Waals surface area contributed by atoms with Crippen LogP contribution in [0.3, 0.4) is 0 Å². The summed E-state index contributed by atoms with van der Waals surface area (Å²) in [4.78, 5) is 18.8. The number of benzene rings is 1. The number of nitrogens with one attached hydrogen (secondary N) is 1. The second kappa shape index (κ2) is 4.96. The average molecular weight is 320 g/mol. The Kier molecular flexibility index (Phi) is 3.00. The Morgan fingerprint density at radius 2 is 1.96 bits per heavy atom. The van der Waals surface area contributed by atoms with Gasteiger partial charge in [-0.3, -0.25) is 4.98 Å². The number of rotatable bonds is 2. The maximum Gasteiger partial charge on any atom is 0.352 e. The molecule has 0 aliphatic carbocycles. The van der Waals surface area contributed by atoms with Crippen molar-refractivity contribution in [3.05, 3.63) is 60.0 Å². The topological polar surface area (TPSA) is 75.2 Å². The normalized spacial score (nSPS) is 14.4. The first-order chi connectivity index (χ1) is 11.5. The highest BCUT2D eigenvalue weighted by Crippen LogP contribution is 2.48. The van der Waals surface area contributed by atoms with Crippen LogP contribution in [-0.4, -0.2) is 21.0 Å². The molecule has 5 nitrogen and oxygen atoms in total. The van der Waals surface area contributed by atoms with Crippen LogP contribution in [-0.2, 0) is 5.60 Å². The average Bonchev–Trinajstić information content (AvgIpc) is 3.01. The zero-order valence-electron chi connectivity index (χ0n) is 13.3. The molecule has 24 heavy (non-hydrogen) atoms. The molecule has 2 aromatic heterocycles. The number of ether oxygens (including phenoxy) is 1. The number of aromatic amines is 1. The summed E-state index contributed by atoms with van der Waals surface area (Å²) < 4.78 is 6.13. The Labute approximate surface area is 138 Å². The van der Waals surface area contributed by atoms with E-state index in [9.17, 15) is 9.90 Å². The lowest BCUT2D eigenvalue weighted by Gasteiger charge is -2.33. The van der Waals surface area contributed by atoms with Gasteiger partial charge in [-0.25, -0.2) is 4.79 Å². The standard InChI is InChI=1S/C19H16N2O3/c1-19(2)13-8-14(18(22)23)21-17(13)16-12(9-20-10-15(16)24-19)11-6-4-3-5-7-11/h3-10,21H,1-2H3,(H,22,23). The summed E-state index contributed by atoms with van der Waals surface area (Å²) in [6, 6.07) is 11.5. The number of pyridine rings is 1. The van der Waals surface area contributed by atoms with Crippen LogP contribution in [0.1, 0.15) is 29.9 Å². The number of carboxylic acid groups (broad SMARTS) is 1. The third-order valence-electron chi connectivity index (χ3n) is 4.31. The van der Waals surface area contributed by atoms with Crippen LogP contribution in [0.25, 0.3) is 22.4 Å². The Morgan fingerprint density at radius 3 is 2.67 bits per heavy atom. The lowest BCUT2D eigenvalue weighted by molar-refractivity contribution is 0.0691. The quantitative estimate of drug-likeness (QED) is 0.746. The molecular formula is C19H16N2O3. The van der Waals surface area contributed by atoms with E-state index < -0.39 is 11.6 Å². The van der Waals surface area contributed by atoms with Gasteiger partial charge in [0.25, 0.3) is 0 Å². The van der Waals surface area contributed by atoms with E-state index >= 15 is 0 Å². The molecule has 5 heteroatoms. The van der Waals surface area contributed by atoms with E-state index in [2.05, 4.69) is 9.97 Å². The SMILES string of the molecule is CC1(C)Oc2cncc(-c3ccccc3)c2-c2[nH]c(C(=O)O)cc21. The molecule has 1 aromatic carbocycles. The molecule has 0 fully saturated rings. The highest BCUT2D eigenvalue weighted by atomic mass is 16.5. The van der Waals surface area contributed by atoms with Crippen molar-refractivity contribution in [1.82, 2.24) is 9.97 Å². The van der Waals surface area contributed by atoms with Crippen LogP contribution in [0.5, 0.6) is 5.75 Å². The molecule has 0 saturated carbocycles. The summed E-state index contributed by atoms with van der Waals surface area (Å²) in [5.74, 6) is -0.343. The fourth-order valence-electron chi connectivity index (χ4n) is 3.18. The minimum absolute atomic E-state index is 0.153. The van der Waals surface area contributed by atoms with Crippen molar-refractivity contribution in [1.29, 1.82) is 0 Å². The van der Waals surface area contributed by atoms with E-state index in [1.165, 1.54) is 0 Å². The van der Waals surface area contributed by atoms with Gasteiger partial charge in [0.1, 0.15) is 17.0 Å². The summed E-state index contributed by atoms with van der Waals surface area (Å²) in [6.07, 6.45) is 3.45. The molecule has 0 bridgehead atoms. The van der Waals surface area contributed by atoms with Gasteiger partial charge >= 0.3 is 5.97 Å². The van der Waals surface area contributed by atoms with Crippen LogP contribution in [0.4, 0.5) is 0 Å². The highest BCUT2D eigenvalue weighted by Gasteiger charge is 2.36. The predicted molar refractivity (Wildman–Crippen MR) is 90.1 cm³/mol. The van der Waals surface area contributed by atoms with Gasteiger partial charge in [-0.15, -0.1) is 0 Å². The Hall–Kier alpha value is -3.08. The third-order valence-corrected chi connectivity index (χ3v) is 4.31. The van der Waals surface area contributed by atoms with Crippen LogP contribution in [0, 0.1) is 0 Å². The molecule has 0 spiro atoms. The van der Waals surface area contributed by atoms with Gasteiger partial charge in [-0.05, 0) is 25.5 Å². The van der Waals surface area contributed by atoms with Crippen LogP contribution in [0.15, 0.2) is 48.8 Å². The molecule has 0 unspecified atom stereocenters. The van der Waals surface area contributed by atoms with Gasteiger partial charge < -0.3 is 14.8 Å². The minimum atomic E-state index is -0.989. The van der Waals surface area contributed by atoms with E-state index in [0.29, 0.717) is 5.75 Å². The van der Waals surface area contributed by atoms with Gasteiger partial charge in [-0.2, -0.15) is 0 Å². The predicted octanol–water partition coefficient (Wildman–Crippen LogP) is 4.07. The molecule has 0 amide bonds. The van der Waals surface area contributed by atoms with E-state index in [1.54, 1.807) is 18.5 Å². The number of aromatic nitrogens is 2. The fourth-order valence-corrected chi connectivity index (χ4v) is 3.18. The Bertz CT molecular complexity index is 943. The largest absolute Gasteiger partial charge is 0.481 e. The van der Waals surface area contributed by atoms with E-state index in [4.69, 9.17) is 4.74 Å². The van der Waals surface area contributed by atoms with Crippen molar-refractivity contribution in [3.63, 3.8) is 0 Å². The zero-order chi connectivity index (χ0) is 16.9. The smallest absolute Gasteiger partial charge is 0.352 e. The fraction of sp³-hybridized carbons (Fsp3) is 0.158. The van der Waals surface area contributed by atoms with Crippen LogP contribution >= 0.6 is 0 Å². The number of carboxylic acids is 1. The van der Waals surface area contributed by atoms with Crippen molar-refractivity contribution in [2.75, 3.05) is 0 Å². The summed E-state index contributed by atoms with van der Waals surface area (Å²) in [5.41, 5.74) is 3.88. The summed E-state index contributed by atoms with van der Waals surface area (Å²) in [7, 11) is 0. The summed E-state index contributed by atoms with van der Waals surface area (Å²) >= 11 is 0. The van der Waals surface area contributed by atoms with Crippen LogP contribution in [0.2, 0.25) is 0 Å². The first-order valence-electron chi connectivity index (χ1n) is 7.67. The molecular weight excluding hydrogens is 304 g/mol. The zero-order valence-corrected chi connectivity index (χ0v) is 13.3. The number of carbonyl (C=O) groups is 1. The van der Waals surface area contributed by atoms with E-state index in [-0.39, 0.29) is 5.69 Å². The molecule has 4 rings (SSSR count). The molecule has 1 aliphatic heterocycles. The molecule has 0 atom stereocenters. The summed E-state index contributed by atoms with van der Waals surface area (Å²) in [6.45, 7) is 3.84. The molecule has 1 aliphatic rings.